The minimum absolute atomic E-state index is 0.121. The number of hydrogen-bond donors (Lipinski definition) is 0. The van der Waals surface area contributed by atoms with Crippen molar-refractivity contribution in [3.05, 3.63) is 88.5 Å². The highest BCUT2D eigenvalue weighted by molar-refractivity contribution is 9.10. The lowest BCUT2D eigenvalue weighted by atomic mass is 9.83. The third kappa shape index (κ3) is 35.2. The molecule has 488 valence electrons. The van der Waals surface area contributed by atoms with Gasteiger partial charge in [0.15, 0.2) is 11.5 Å². The Morgan fingerprint density at radius 1 is 0.271 bits per heavy atom. The van der Waals surface area contributed by atoms with Gasteiger partial charge in [-0.1, -0.05) is 350 Å². The Kier molecular flexibility index (Phi) is 44.0. The highest BCUT2D eigenvalue weighted by Crippen LogP contribution is 2.51. The summed E-state index contributed by atoms with van der Waals surface area (Å²) in [6.45, 7) is 7.97. The van der Waals surface area contributed by atoms with Gasteiger partial charge in [0.05, 0.1) is 30.9 Å². The molecule has 0 aliphatic rings. The molecule has 0 N–H and O–H groups in total. The van der Waals surface area contributed by atoms with Gasteiger partial charge in [-0.3, -0.25) is 0 Å². The summed E-state index contributed by atoms with van der Waals surface area (Å²) in [5, 5.41) is 0. The van der Waals surface area contributed by atoms with Crippen LogP contribution in [0, 0.1) is 0 Å². The molecule has 0 aromatic heterocycles. The Bertz CT molecular complexity index is 1920. The molecule has 0 radical (unpaired) electrons. The van der Waals surface area contributed by atoms with E-state index in [0.29, 0.717) is 42.6 Å². The summed E-state index contributed by atoms with van der Waals surface area (Å²) in [5.41, 5.74) is -1.18. The van der Waals surface area contributed by atoms with E-state index in [4.69, 9.17) is 14.2 Å². The maximum absolute atomic E-state index is 14.5. The molecule has 0 saturated heterocycles. The largest absolute Gasteiger partial charge is 0.490 e. The maximum atomic E-state index is 14.5. The minimum atomic E-state index is -4.69. The van der Waals surface area contributed by atoms with Crippen molar-refractivity contribution in [1.29, 1.82) is 0 Å². The van der Waals surface area contributed by atoms with Crippen molar-refractivity contribution in [1.82, 2.24) is 0 Å². The van der Waals surface area contributed by atoms with Crippen LogP contribution >= 0.6 is 15.9 Å². The molecule has 0 bridgehead atoms. The first-order valence-electron chi connectivity index (χ1n) is 35.5. The van der Waals surface area contributed by atoms with E-state index < -0.39 is 27.8 Å². The summed E-state index contributed by atoms with van der Waals surface area (Å²) in [6, 6.07) is 13.2. The average Bonchev–Trinajstić information content (AvgIpc) is 1.33. The predicted octanol–water partition coefficient (Wildman–Crippen LogP) is 27.3. The molecule has 0 aliphatic carbocycles. The van der Waals surface area contributed by atoms with Crippen molar-refractivity contribution < 1.29 is 40.6 Å². The van der Waals surface area contributed by atoms with Crippen LogP contribution in [0.25, 0.3) is 0 Å². The van der Waals surface area contributed by atoms with Crippen molar-refractivity contribution in [2.45, 2.75) is 346 Å². The Hall–Kier alpha value is -2.88. The SMILES string of the molecule is CCCCCCCCCCCCCCCCCCOc1cc(C(Br)(c2cccc(C(F)(F)F)c2)c2cccc(C(F)(F)F)c2)cc(OCCCCCCCCCCCCCCCCCC)c1OCCCCCCCCCCCCCCCCCC. The van der Waals surface area contributed by atoms with Crippen LogP contribution in [0.4, 0.5) is 26.3 Å². The smallest absolute Gasteiger partial charge is 0.416 e. The molecule has 3 aromatic rings. The lowest BCUT2D eigenvalue weighted by molar-refractivity contribution is -0.138. The van der Waals surface area contributed by atoms with E-state index in [0.717, 1.165) is 94.9 Å². The number of rotatable bonds is 57. The molecule has 0 atom stereocenters. The molecule has 0 heterocycles. The van der Waals surface area contributed by atoms with E-state index in [1.807, 2.05) is 0 Å². The molecule has 0 unspecified atom stereocenters. The maximum Gasteiger partial charge on any atom is 0.416 e. The molecular weight excluding hydrogens is 1140 g/mol. The minimum Gasteiger partial charge on any atom is -0.490 e. The van der Waals surface area contributed by atoms with Crippen LogP contribution in [-0.2, 0) is 16.7 Å². The highest BCUT2D eigenvalue weighted by atomic mass is 79.9. The van der Waals surface area contributed by atoms with Crippen LogP contribution in [0.5, 0.6) is 17.2 Å². The molecule has 10 heteroatoms. The van der Waals surface area contributed by atoms with Gasteiger partial charge in [0, 0.05) is 0 Å². The van der Waals surface area contributed by atoms with Gasteiger partial charge in [-0.2, -0.15) is 26.3 Å². The molecule has 0 spiro atoms. The van der Waals surface area contributed by atoms with Crippen molar-refractivity contribution in [3.8, 4) is 17.2 Å². The molecule has 0 fully saturated rings. The van der Waals surface area contributed by atoms with Crippen LogP contribution in [-0.4, -0.2) is 19.8 Å². The molecule has 3 nitrogen and oxygen atoms in total. The zero-order chi connectivity index (χ0) is 61.4. The fourth-order valence-corrected chi connectivity index (χ4v) is 12.7. The van der Waals surface area contributed by atoms with E-state index in [1.165, 1.54) is 262 Å². The second kappa shape index (κ2) is 49.0. The Balaban J connectivity index is 1.79. The quantitative estimate of drug-likeness (QED) is 0.0244. The average molecular weight is 1260 g/mol. The third-order valence-corrected chi connectivity index (χ3v) is 18.7. The summed E-state index contributed by atoms with van der Waals surface area (Å²) in [4.78, 5) is 0. The zero-order valence-electron chi connectivity index (χ0n) is 54.2. The highest BCUT2D eigenvalue weighted by Gasteiger charge is 2.40. The van der Waals surface area contributed by atoms with Crippen LogP contribution in [0.15, 0.2) is 60.7 Å². The van der Waals surface area contributed by atoms with Crippen molar-refractivity contribution in [3.63, 3.8) is 0 Å². The standard InChI is InChI=1S/C75H121BrF6O3/c1-4-7-10-13-16-19-22-25-28-31-34-37-40-43-46-49-58-83-70-63-69(73(76,65-54-52-56-67(61-65)74(77,78)79)66-55-53-57-68(62-66)75(80,81)82)64-71(84-59-50-47-44-41-38-35-32-29-26-23-20-17-14-11-8-5-2)72(70)85-60-51-48-45-42-39-36-33-30-27-24-21-18-15-12-9-6-3/h52-57,61-64H,4-51,58-60H2,1-3H3. The fourth-order valence-electron chi connectivity index (χ4n) is 11.9. The monoisotopic (exact) mass is 1260 g/mol. The lowest BCUT2D eigenvalue weighted by Crippen LogP contribution is -2.24. The summed E-state index contributed by atoms with van der Waals surface area (Å²) < 4.78 is 105. The van der Waals surface area contributed by atoms with Gasteiger partial charge in [-0.25, -0.2) is 0 Å². The zero-order valence-corrected chi connectivity index (χ0v) is 55.8. The van der Waals surface area contributed by atoms with Crippen LogP contribution < -0.4 is 14.2 Å². The second-order valence-corrected chi connectivity index (χ2v) is 26.3. The van der Waals surface area contributed by atoms with Gasteiger partial charge in [-0.05, 0) is 72.4 Å². The number of benzene rings is 3. The Morgan fingerprint density at radius 3 is 0.718 bits per heavy atom. The number of alkyl halides is 7. The number of halogens is 7. The number of hydrogen-bond acceptors (Lipinski definition) is 3. The summed E-state index contributed by atoms with van der Waals surface area (Å²) >= 11 is 3.85. The topological polar surface area (TPSA) is 27.7 Å². The van der Waals surface area contributed by atoms with E-state index in [-0.39, 0.29) is 11.1 Å². The van der Waals surface area contributed by atoms with Crippen LogP contribution in [0.2, 0.25) is 0 Å². The van der Waals surface area contributed by atoms with Crippen molar-refractivity contribution >= 4 is 15.9 Å². The molecule has 3 rings (SSSR count). The molecule has 0 aliphatic heterocycles. The molecule has 85 heavy (non-hydrogen) atoms. The molecular formula is C75H121BrF6O3. The predicted molar refractivity (Wildman–Crippen MR) is 353 cm³/mol. The first-order chi connectivity index (χ1) is 41.4. The van der Waals surface area contributed by atoms with Gasteiger partial charge in [0.2, 0.25) is 5.75 Å². The van der Waals surface area contributed by atoms with Crippen LogP contribution in [0.1, 0.15) is 357 Å². The van der Waals surface area contributed by atoms with E-state index in [2.05, 4.69) is 36.7 Å². The Labute approximate surface area is 525 Å². The first-order valence-corrected chi connectivity index (χ1v) is 36.3. The van der Waals surface area contributed by atoms with E-state index >= 15 is 0 Å². The van der Waals surface area contributed by atoms with Gasteiger partial charge in [-0.15, -0.1) is 0 Å². The summed E-state index contributed by atoms with van der Waals surface area (Å²) in [5.74, 6) is 1.18. The van der Waals surface area contributed by atoms with Gasteiger partial charge in [0.1, 0.15) is 4.32 Å². The molecule has 0 saturated carbocycles. The third-order valence-electron chi connectivity index (χ3n) is 17.3. The van der Waals surface area contributed by atoms with Crippen molar-refractivity contribution in [2.75, 3.05) is 19.8 Å². The number of unbranched alkanes of at least 4 members (excludes halogenated alkanes) is 45. The fraction of sp³-hybridized carbons (Fsp3) is 0.760. The second-order valence-electron chi connectivity index (χ2n) is 25.1. The molecule has 3 aromatic carbocycles. The first kappa shape index (κ1) is 76.4. The van der Waals surface area contributed by atoms with Crippen molar-refractivity contribution in [2.24, 2.45) is 0 Å². The van der Waals surface area contributed by atoms with Gasteiger partial charge >= 0.3 is 12.4 Å². The number of ether oxygens (including phenoxy) is 3. The lowest BCUT2D eigenvalue weighted by Gasteiger charge is -2.32. The summed E-state index contributed by atoms with van der Waals surface area (Å²) in [6.07, 6.45) is 50.6. The summed E-state index contributed by atoms with van der Waals surface area (Å²) in [7, 11) is 0. The van der Waals surface area contributed by atoms with Crippen LogP contribution in [0.3, 0.4) is 0 Å². The van der Waals surface area contributed by atoms with Gasteiger partial charge < -0.3 is 14.2 Å². The normalized spacial score (nSPS) is 12.2. The van der Waals surface area contributed by atoms with E-state index in [1.54, 1.807) is 12.1 Å². The van der Waals surface area contributed by atoms with E-state index in [9.17, 15) is 26.3 Å². The van der Waals surface area contributed by atoms with Gasteiger partial charge in [0.25, 0.3) is 0 Å². The Morgan fingerprint density at radius 2 is 0.482 bits per heavy atom. The molecule has 0 amide bonds.